The van der Waals surface area contributed by atoms with Gasteiger partial charge in [0.25, 0.3) is 0 Å². The third-order valence-electron chi connectivity index (χ3n) is 2.56. The summed E-state index contributed by atoms with van der Waals surface area (Å²) in [5.74, 6) is -0.390. The van der Waals surface area contributed by atoms with Gasteiger partial charge in [0.15, 0.2) is 0 Å². The van der Waals surface area contributed by atoms with Gasteiger partial charge in [-0.2, -0.15) is 0 Å². The van der Waals surface area contributed by atoms with E-state index in [9.17, 15) is 4.79 Å². The second kappa shape index (κ2) is 6.16. The maximum absolute atomic E-state index is 11.8. The fourth-order valence-corrected chi connectivity index (χ4v) is 1.76. The molecule has 0 fully saturated rings. The molecule has 104 valence electrons. The SMILES string of the molecule is COC(=O)/C(=C/c1ccccc1Cl)Cn1nnnc1N. The minimum atomic E-state index is -0.500. The molecule has 0 aliphatic carbocycles. The predicted octanol–water partition coefficient (Wildman–Crippen LogP) is 1.17. The normalized spacial score (nSPS) is 11.4. The first-order valence-electron chi connectivity index (χ1n) is 5.67. The van der Waals surface area contributed by atoms with Crippen LogP contribution in [0.3, 0.4) is 0 Å². The maximum atomic E-state index is 11.8. The predicted molar refractivity (Wildman–Crippen MR) is 73.7 cm³/mol. The second-order valence-corrected chi connectivity index (χ2v) is 4.28. The molecule has 2 aromatic rings. The lowest BCUT2D eigenvalue weighted by Crippen LogP contribution is -2.14. The number of hydrogen-bond acceptors (Lipinski definition) is 6. The summed E-state index contributed by atoms with van der Waals surface area (Å²) in [7, 11) is 1.30. The lowest BCUT2D eigenvalue weighted by Gasteiger charge is -2.07. The van der Waals surface area contributed by atoms with Crippen molar-refractivity contribution in [2.75, 3.05) is 12.8 Å². The smallest absolute Gasteiger partial charge is 0.335 e. The lowest BCUT2D eigenvalue weighted by molar-refractivity contribution is -0.136. The van der Waals surface area contributed by atoms with Crippen molar-refractivity contribution in [1.29, 1.82) is 0 Å². The van der Waals surface area contributed by atoms with Crippen LogP contribution in [0.5, 0.6) is 0 Å². The van der Waals surface area contributed by atoms with E-state index in [4.69, 9.17) is 22.1 Å². The van der Waals surface area contributed by atoms with Crippen molar-refractivity contribution in [2.24, 2.45) is 0 Å². The van der Waals surface area contributed by atoms with Gasteiger partial charge in [-0.05, 0) is 28.1 Å². The molecule has 0 spiro atoms. The zero-order valence-corrected chi connectivity index (χ0v) is 11.4. The van der Waals surface area contributed by atoms with Gasteiger partial charge in [-0.1, -0.05) is 34.9 Å². The number of benzene rings is 1. The van der Waals surface area contributed by atoms with Crippen LogP contribution in [-0.4, -0.2) is 33.3 Å². The number of aromatic nitrogens is 4. The van der Waals surface area contributed by atoms with Crippen LogP contribution in [0.25, 0.3) is 6.08 Å². The highest BCUT2D eigenvalue weighted by Gasteiger charge is 2.14. The number of carbonyl (C=O) groups excluding carboxylic acids is 1. The van der Waals surface area contributed by atoms with Crippen molar-refractivity contribution in [1.82, 2.24) is 20.2 Å². The number of rotatable bonds is 4. The van der Waals surface area contributed by atoms with E-state index >= 15 is 0 Å². The fraction of sp³-hybridized carbons (Fsp3) is 0.167. The minimum absolute atomic E-state index is 0.0940. The minimum Gasteiger partial charge on any atom is -0.466 e. The standard InChI is InChI=1S/C12H12ClN5O2/c1-20-11(19)9(7-18-12(14)15-16-17-18)6-8-4-2-3-5-10(8)13/h2-6H,7H2,1H3,(H2,14,15,17)/b9-6+. The largest absolute Gasteiger partial charge is 0.466 e. The number of esters is 1. The molecule has 0 radical (unpaired) electrons. The number of nitrogen functional groups attached to an aromatic ring is 1. The number of tetrazole rings is 1. The number of hydrogen-bond donors (Lipinski definition) is 1. The molecular formula is C12H12ClN5O2. The first-order valence-corrected chi connectivity index (χ1v) is 6.04. The summed E-state index contributed by atoms with van der Waals surface area (Å²) < 4.78 is 6.03. The molecule has 1 aromatic carbocycles. The molecule has 20 heavy (non-hydrogen) atoms. The molecule has 2 N–H and O–H groups in total. The Kier molecular flexibility index (Phi) is 4.31. The molecule has 1 aromatic heterocycles. The van der Waals surface area contributed by atoms with Crippen LogP contribution in [0, 0.1) is 0 Å². The third kappa shape index (κ3) is 3.12. The number of ether oxygens (including phenoxy) is 1. The van der Waals surface area contributed by atoms with Gasteiger partial charge in [0, 0.05) is 5.02 Å². The van der Waals surface area contributed by atoms with Crippen molar-refractivity contribution in [3.05, 3.63) is 40.4 Å². The van der Waals surface area contributed by atoms with E-state index in [1.54, 1.807) is 24.3 Å². The molecule has 0 atom stereocenters. The Labute approximate surface area is 120 Å². The monoisotopic (exact) mass is 293 g/mol. The first kappa shape index (κ1) is 14.0. The number of halogens is 1. The zero-order chi connectivity index (χ0) is 14.5. The summed E-state index contributed by atoms with van der Waals surface area (Å²) in [6.45, 7) is 0.0940. The maximum Gasteiger partial charge on any atom is 0.335 e. The molecule has 0 aliphatic heterocycles. The molecule has 0 unspecified atom stereocenters. The Bertz CT molecular complexity index is 653. The van der Waals surface area contributed by atoms with E-state index < -0.39 is 5.97 Å². The molecular weight excluding hydrogens is 282 g/mol. The van der Waals surface area contributed by atoms with E-state index in [0.717, 1.165) is 0 Å². The topological polar surface area (TPSA) is 95.9 Å². The highest BCUT2D eigenvalue weighted by molar-refractivity contribution is 6.32. The van der Waals surface area contributed by atoms with E-state index in [1.165, 1.54) is 11.8 Å². The Hall–Kier alpha value is -2.41. The third-order valence-corrected chi connectivity index (χ3v) is 2.91. The molecule has 7 nitrogen and oxygen atoms in total. The Morgan fingerprint density at radius 2 is 2.25 bits per heavy atom. The summed E-state index contributed by atoms with van der Waals surface area (Å²) in [5, 5.41) is 11.2. The molecule has 0 saturated carbocycles. The number of nitrogens with two attached hydrogens (primary N) is 1. The van der Waals surface area contributed by atoms with Crippen LogP contribution in [0.2, 0.25) is 5.02 Å². The summed E-state index contributed by atoms with van der Waals surface area (Å²) in [6.07, 6.45) is 1.62. The fourth-order valence-electron chi connectivity index (χ4n) is 1.57. The van der Waals surface area contributed by atoms with Crippen LogP contribution in [0.4, 0.5) is 5.95 Å². The quantitative estimate of drug-likeness (QED) is 0.671. The van der Waals surface area contributed by atoms with Crippen LogP contribution in [0.1, 0.15) is 5.56 Å². The van der Waals surface area contributed by atoms with Crippen LogP contribution < -0.4 is 5.73 Å². The molecule has 1 heterocycles. The number of carbonyl (C=O) groups is 1. The molecule has 0 saturated heterocycles. The van der Waals surface area contributed by atoms with Gasteiger partial charge >= 0.3 is 5.97 Å². The van der Waals surface area contributed by atoms with E-state index in [0.29, 0.717) is 16.2 Å². The van der Waals surface area contributed by atoms with Crippen LogP contribution in [0.15, 0.2) is 29.8 Å². The summed E-state index contributed by atoms with van der Waals surface area (Å²) >= 11 is 6.06. The van der Waals surface area contributed by atoms with Gasteiger partial charge in [0.2, 0.25) is 5.95 Å². The van der Waals surface area contributed by atoms with Gasteiger partial charge in [-0.25, -0.2) is 9.48 Å². The highest BCUT2D eigenvalue weighted by Crippen LogP contribution is 2.19. The molecule has 8 heteroatoms. The molecule has 0 aliphatic rings. The number of methoxy groups -OCH3 is 1. The number of nitrogens with zero attached hydrogens (tertiary/aromatic N) is 4. The average Bonchev–Trinajstić information content (AvgIpc) is 2.85. The van der Waals surface area contributed by atoms with Crippen LogP contribution in [-0.2, 0) is 16.1 Å². The Balaban J connectivity index is 2.36. The van der Waals surface area contributed by atoms with Gasteiger partial charge < -0.3 is 10.5 Å². The molecule has 0 bridgehead atoms. The van der Waals surface area contributed by atoms with Crippen molar-refractivity contribution >= 4 is 29.6 Å². The Morgan fingerprint density at radius 3 is 2.85 bits per heavy atom. The highest BCUT2D eigenvalue weighted by atomic mass is 35.5. The lowest BCUT2D eigenvalue weighted by atomic mass is 10.1. The van der Waals surface area contributed by atoms with E-state index in [1.807, 2.05) is 6.07 Å². The van der Waals surface area contributed by atoms with E-state index in [-0.39, 0.29) is 12.5 Å². The Morgan fingerprint density at radius 1 is 1.50 bits per heavy atom. The van der Waals surface area contributed by atoms with Gasteiger partial charge in [-0.3, -0.25) is 0 Å². The number of anilines is 1. The average molecular weight is 294 g/mol. The summed E-state index contributed by atoms with van der Waals surface area (Å²) in [5.41, 5.74) is 6.60. The summed E-state index contributed by atoms with van der Waals surface area (Å²) in [6, 6.07) is 7.14. The van der Waals surface area contributed by atoms with Crippen molar-refractivity contribution < 1.29 is 9.53 Å². The molecule has 0 amide bonds. The van der Waals surface area contributed by atoms with E-state index in [2.05, 4.69) is 15.5 Å². The summed E-state index contributed by atoms with van der Waals surface area (Å²) in [4.78, 5) is 11.8. The second-order valence-electron chi connectivity index (χ2n) is 3.88. The zero-order valence-electron chi connectivity index (χ0n) is 10.7. The van der Waals surface area contributed by atoms with Gasteiger partial charge in [-0.15, -0.1) is 0 Å². The first-order chi connectivity index (χ1) is 9.61. The van der Waals surface area contributed by atoms with Crippen molar-refractivity contribution in [3.8, 4) is 0 Å². The van der Waals surface area contributed by atoms with Crippen molar-refractivity contribution in [2.45, 2.75) is 6.54 Å². The van der Waals surface area contributed by atoms with Gasteiger partial charge in [0.05, 0.1) is 19.2 Å². The van der Waals surface area contributed by atoms with Gasteiger partial charge in [0.1, 0.15) is 0 Å². The van der Waals surface area contributed by atoms with Crippen LogP contribution >= 0.6 is 11.6 Å². The molecule has 2 rings (SSSR count). The van der Waals surface area contributed by atoms with Crippen molar-refractivity contribution in [3.63, 3.8) is 0 Å².